The van der Waals surface area contributed by atoms with Crippen LogP contribution < -0.4 is 5.73 Å². The predicted octanol–water partition coefficient (Wildman–Crippen LogP) is 2.23. The molecule has 4 heteroatoms. The Labute approximate surface area is 104 Å². The van der Waals surface area contributed by atoms with Crippen molar-refractivity contribution in [2.24, 2.45) is 0 Å². The number of anilines is 1. The predicted molar refractivity (Wildman–Crippen MR) is 71.0 cm³/mol. The molecule has 0 bridgehead atoms. The van der Waals surface area contributed by atoms with Crippen LogP contribution in [0.4, 0.5) is 5.69 Å². The van der Waals surface area contributed by atoms with Crippen LogP contribution in [0.1, 0.15) is 17.2 Å². The zero-order chi connectivity index (χ0) is 12.5. The highest BCUT2D eigenvalue weighted by Crippen LogP contribution is 2.28. The molecule has 2 aromatic heterocycles. The van der Waals surface area contributed by atoms with Crippen molar-refractivity contribution in [3.8, 4) is 0 Å². The normalized spacial score (nSPS) is 12.7. The van der Waals surface area contributed by atoms with Gasteiger partial charge in [0.25, 0.3) is 0 Å². The molecule has 0 aliphatic heterocycles. The van der Waals surface area contributed by atoms with E-state index in [-0.39, 0.29) is 0 Å². The third-order valence-corrected chi connectivity index (χ3v) is 3.04. The van der Waals surface area contributed by atoms with Gasteiger partial charge in [-0.2, -0.15) is 0 Å². The van der Waals surface area contributed by atoms with Crippen LogP contribution in [0.25, 0.3) is 10.9 Å². The second-order valence-electron chi connectivity index (χ2n) is 4.24. The van der Waals surface area contributed by atoms with Gasteiger partial charge in [0.15, 0.2) is 0 Å². The fourth-order valence-electron chi connectivity index (χ4n) is 2.13. The molecule has 3 aromatic rings. The second-order valence-corrected chi connectivity index (χ2v) is 4.24. The summed E-state index contributed by atoms with van der Waals surface area (Å²) < 4.78 is 0. The van der Waals surface area contributed by atoms with E-state index in [1.165, 1.54) is 0 Å². The van der Waals surface area contributed by atoms with Gasteiger partial charge in [-0.3, -0.25) is 4.98 Å². The van der Waals surface area contributed by atoms with Gasteiger partial charge in [0.2, 0.25) is 0 Å². The molecule has 0 radical (unpaired) electrons. The number of pyridine rings is 1. The number of aliphatic hydroxyl groups is 1. The summed E-state index contributed by atoms with van der Waals surface area (Å²) in [5.74, 6) is 0. The Kier molecular flexibility index (Phi) is 2.50. The molecule has 4 N–H and O–H groups in total. The number of aromatic amines is 1. The standard InChI is InChI=1S/C14H13N3O/c15-10-3-1-2-9(6-10)14(18)12-7-17-13-8-16-5-4-11(12)13/h1-8,14,17-18H,15H2. The van der Waals surface area contributed by atoms with Gasteiger partial charge in [0.05, 0.1) is 11.7 Å². The summed E-state index contributed by atoms with van der Waals surface area (Å²) in [5.41, 5.74) is 8.91. The van der Waals surface area contributed by atoms with Crippen molar-refractivity contribution in [3.63, 3.8) is 0 Å². The van der Waals surface area contributed by atoms with Crippen molar-refractivity contribution in [1.29, 1.82) is 0 Å². The largest absolute Gasteiger partial charge is 0.399 e. The molecular weight excluding hydrogens is 226 g/mol. The third-order valence-electron chi connectivity index (χ3n) is 3.04. The van der Waals surface area contributed by atoms with Crippen LogP contribution in [0.3, 0.4) is 0 Å². The summed E-state index contributed by atoms with van der Waals surface area (Å²) in [6.07, 6.45) is 4.57. The summed E-state index contributed by atoms with van der Waals surface area (Å²) in [4.78, 5) is 7.14. The Hall–Kier alpha value is -2.33. The Morgan fingerprint density at radius 2 is 2.17 bits per heavy atom. The topological polar surface area (TPSA) is 74.9 Å². The molecule has 1 atom stereocenters. The van der Waals surface area contributed by atoms with Crippen LogP contribution in [0.2, 0.25) is 0 Å². The number of nitrogens with one attached hydrogen (secondary N) is 1. The molecule has 4 nitrogen and oxygen atoms in total. The minimum Gasteiger partial charge on any atom is -0.399 e. The molecular formula is C14H13N3O. The van der Waals surface area contributed by atoms with Gasteiger partial charge >= 0.3 is 0 Å². The Bertz CT molecular complexity index is 690. The number of hydrogen-bond donors (Lipinski definition) is 3. The number of aliphatic hydroxyl groups excluding tert-OH is 1. The molecule has 1 unspecified atom stereocenters. The zero-order valence-electron chi connectivity index (χ0n) is 9.67. The van der Waals surface area contributed by atoms with E-state index in [1.54, 1.807) is 30.7 Å². The summed E-state index contributed by atoms with van der Waals surface area (Å²) in [5, 5.41) is 11.4. The number of benzene rings is 1. The van der Waals surface area contributed by atoms with Crippen LogP contribution in [0.15, 0.2) is 48.9 Å². The van der Waals surface area contributed by atoms with Crippen molar-refractivity contribution in [3.05, 3.63) is 60.0 Å². The van der Waals surface area contributed by atoms with Gasteiger partial charge < -0.3 is 15.8 Å². The molecule has 0 fully saturated rings. The Morgan fingerprint density at radius 3 is 3.00 bits per heavy atom. The monoisotopic (exact) mass is 239 g/mol. The van der Waals surface area contributed by atoms with Crippen molar-refractivity contribution in [1.82, 2.24) is 9.97 Å². The molecule has 90 valence electrons. The highest BCUT2D eigenvalue weighted by Gasteiger charge is 2.14. The van der Waals surface area contributed by atoms with E-state index in [2.05, 4.69) is 9.97 Å². The van der Waals surface area contributed by atoms with E-state index in [9.17, 15) is 5.11 Å². The minimum atomic E-state index is -0.690. The van der Waals surface area contributed by atoms with Crippen molar-refractivity contribution >= 4 is 16.6 Å². The molecule has 2 heterocycles. The number of nitrogens with two attached hydrogens (primary N) is 1. The smallest absolute Gasteiger partial charge is 0.106 e. The fraction of sp³-hybridized carbons (Fsp3) is 0.0714. The highest BCUT2D eigenvalue weighted by molar-refractivity contribution is 5.83. The molecule has 3 rings (SSSR count). The van der Waals surface area contributed by atoms with Gasteiger partial charge in [-0.15, -0.1) is 0 Å². The van der Waals surface area contributed by atoms with Gasteiger partial charge in [-0.05, 0) is 23.8 Å². The van der Waals surface area contributed by atoms with E-state index >= 15 is 0 Å². The van der Waals surface area contributed by atoms with E-state index in [4.69, 9.17) is 5.73 Å². The van der Waals surface area contributed by atoms with Gasteiger partial charge in [-0.1, -0.05) is 12.1 Å². The maximum absolute atomic E-state index is 10.4. The zero-order valence-corrected chi connectivity index (χ0v) is 9.67. The summed E-state index contributed by atoms with van der Waals surface area (Å²) >= 11 is 0. The molecule has 0 aliphatic carbocycles. The lowest BCUT2D eigenvalue weighted by Crippen LogP contribution is -1.99. The first-order chi connectivity index (χ1) is 8.75. The molecule has 0 amide bonds. The number of nitrogens with zero attached hydrogens (tertiary/aromatic N) is 1. The average Bonchev–Trinajstić information content (AvgIpc) is 2.82. The number of H-pyrrole nitrogens is 1. The van der Waals surface area contributed by atoms with Crippen molar-refractivity contribution in [2.45, 2.75) is 6.10 Å². The molecule has 0 aliphatic rings. The number of hydrogen-bond acceptors (Lipinski definition) is 3. The maximum atomic E-state index is 10.4. The number of rotatable bonds is 2. The Morgan fingerprint density at radius 1 is 1.28 bits per heavy atom. The lowest BCUT2D eigenvalue weighted by molar-refractivity contribution is 0.222. The number of aromatic nitrogens is 2. The number of fused-ring (bicyclic) bond motifs is 1. The van der Waals surface area contributed by atoms with E-state index in [0.29, 0.717) is 5.69 Å². The SMILES string of the molecule is Nc1cccc(C(O)c2c[nH]c3cnccc23)c1. The Balaban J connectivity index is 2.09. The van der Waals surface area contributed by atoms with E-state index in [0.717, 1.165) is 22.0 Å². The second kappa shape index (κ2) is 4.16. The molecule has 18 heavy (non-hydrogen) atoms. The summed E-state index contributed by atoms with van der Waals surface area (Å²) in [6.45, 7) is 0. The molecule has 1 aromatic carbocycles. The van der Waals surface area contributed by atoms with Crippen LogP contribution >= 0.6 is 0 Å². The highest BCUT2D eigenvalue weighted by atomic mass is 16.3. The van der Waals surface area contributed by atoms with Crippen molar-refractivity contribution < 1.29 is 5.11 Å². The first-order valence-electron chi connectivity index (χ1n) is 5.70. The van der Waals surface area contributed by atoms with Crippen LogP contribution in [-0.2, 0) is 0 Å². The first kappa shape index (κ1) is 10.8. The third kappa shape index (κ3) is 1.72. The van der Waals surface area contributed by atoms with Gasteiger partial charge in [0.1, 0.15) is 6.10 Å². The lowest BCUT2D eigenvalue weighted by atomic mass is 10.0. The maximum Gasteiger partial charge on any atom is 0.106 e. The average molecular weight is 239 g/mol. The van der Waals surface area contributed by atoms with Gasteiger partial charge in [-0.25, -0.2) is 0 Å². The quantitative estimate of drug-likeness (QED) is 0.600. The molecule has 0 saturated carbocycles. The van der Waals surface area contributed by atoms with Crippen molar-refractivity contribution in [2.75, 3.05) is 5.73 Å². The van der Waals surface area contributed by atoms with Crippen LogP contribution in [0, 0.1) is 0 Å². The van der Waals surface area contributed by atoms with E-state index < -0.39 is 6.10 Å². The fourth-order valence-corrected chi connectivity index (χ4v) is 2.13. The van der Waals surface area contributed by atoms with Crippen LogP contribution in [-0.4, -0.2) is 15.1 Å². The van der Waals surface area contributed by atoms with E-state index in [1.807, 2.05) is 18.2 Å². The molecule has 0 spiro atoms. The first-order valence-corrected chi connectivity index (χ1v) is 5.70. The number of nitrogen functional groups attached to an aromatic ring is 1. The minimum absolute atomic E-state index is 0.646. The lowest BCUT2D eigenvalue weighted by Gasteiger charge is -2.10. The molecule has 0 saturated heterocycles. The van der Waals surface area contributed by atoms with Gasteiger partial charge in [0, 0.05) is 29.0 Å². The van der Waals surface area contributed by atoms with Crippen LogP contribution in [0.5, 0.6) is 0 Å². The summed E-state index contributed by atoms with van der Waals surface area (Å²) in [7, 11) is 0. The summed E-state index contributed by atoms with van der Waals surface area (Å²) in [6, 6.07) is 9.17.